The smallest absolute Gasteiger partial charge is 0.410 e. The van der Waals surface area contributed by atoms with E-state index in [0.717, 1.165) is 77.2 Å². The number of nitrogens with zero attached hydrogens (tertiary/aromatic N) is 5. The molecule has 1 saturated carbocycles. The summed E-state index contributed by atoms with van der Waals surface area (Å²) in [6.45, 7) is 14.2. The molecule has 0 spiro atoms. The number of nitrogen functional groups attached to an aromatic ring is 1. The quantitative estimate of drug-likeness (QED) is 0.0713. The standard InChI is InChI=1S/C39H49ClFN7O2S/c1-6-9-27(10-7-2)21-30-25-51-36(44-30)32-24-48(35-33(32)34(42)45-37(40)46-35)31-16-13-28(22-31)23-43-18-8-19-47(38(49)50-39(3,4)5)20-17-26-11-14-29(41)15-12-26/h6-7,9-12,14-15,24-25,28,31,43H,1,8,13,16-23H2,2-5H3,(H2,42,45,46)/b10-7-,27-9+/t28-,31+/m1/s1. The molecule has 3 heterocycles. The van der Waals surface area contributed by atoms with Crippen LogP contribution in [0.3, 0.4) is 0 Å². The number of anilines is 1. The summed E-state index contributed by atoms with van der Waals surface area (Å²) in [7, 11) is 0. The minimum atomic E-state index is -0.584. The number of allylic oxidation sites excluding steroid dienone is 5. The molecule has 2 atom stereocenters. The Kier molecular flexibility index (Phi) is 13.1. The molecule has 1 fully saturated rings. The van der Waals surface area contributed by atoms with E-state index in [9.17, 15) is 9.18 Å². The molecule has 0 unspecified atom stereocenters. The largest absolute Gasteiger partial charge is 0.444 e. The lowest BCUT2D eigenvalue weighted by Crippen LogP contribution is -2.39. The van der Waals surface area contributed by atoms with Gasteiger partial charge in [0, 0.05) is 42.7 Å². The van der Waals surface area contributed by atoms with Gasteiger partial charge in [0.15, 0.2) is 0 Å². The average Bonchev–Trinajstić information content (AvgIpc) is 3.81. The van der Waals surface area contributed by atoms with Gasteiger partial charge < -0.3 is 25.3 Å². The first-order chi connectivity index (χ1) is 24.4. The number of nitrogens with one attached hydrogen (secondary N) is 1. The number of amides is 1. The zero-order chi connectivity index (χ0) is 36.5. The van der Waals surface area contributed by atoms with E-state index in [1.54, 1.807) is 34.4 Å². The second kappa shape index (κ2) is 17.4. The van der Waals surface area contributed by atoms with E-state index in [2.05, 4.69) is 44.1 Å². The molecule has 0 radical (unpaired) electrons. The van der Waals surface area contributed by atoms with Gasteiger partial charge in [-0.25, -0.2) is 19.2 Å². The second-order valence-electron chi connectivity index (χ2n) is 14.1. The minimum absolute atomic E-state index is 0.130. The highest BCUT2D eigenvalue weighted by atomic mass is 35.5. The van der Waals surface area contributed by atoms with Gasteiger partial charge in [-0.3, -0.25) is 0 Å². The Balaban J connectivity index is 1.19. The number of carbonyl (C=O) groups excluding carboxylic acids is 1. The molecule has 5 rings (SSSR count). The first-order valence-corrected chi connectivity index (χ1v) is 18.9. The highest BCUT2D eigenvalue weighted by molar-refractivity contribution is 7.13. The third kappa shape index (κ3) is 10.5. The van der Waals surface area contributed by atoms with Crippen molar-refractivity contribution < 1.29 is 13.9 Å². The van der Waals surface area contributed by atoms with Gasteiger partial charge in [0.05, 0.1) is 11.1 Å². The van der Waals surface area contributed by atoms with Gasteiger partial charge in [-0.1, -0.05) is 43.0 Å². The topological polar surface area (TPSA) is 111 Å². The molecule has 272 valence electrons. The van der Waals surface area contributed by atoms with Gasteiger partial charge in [-0.2, -0.15) is 4.98 Å². The van der Waals surface area contributed by atoms with Gasteiger partial charge in [0.25, 0.3) is 0 Å². The van der Waals surface area contributed by atoms with E-state index in [1.807, 2.05) is 39.8 Å². The van der Waals surface area contributed by atoms with Crippen LogP contribution in [0.15, 0.2) is 72.3 Å². The molecule has 0 saturated heterocycles. The van der Waals surface area contributed by atoms with Crippen LogP contribution in [0.25, 0.3) is 21.6 Å². The van der Waals surface area contributed by atoms with Gasteiger partial charge in [-0.05, 0) is 114 Å². The number of ether oxygens (including phenoxy) is 1. The Hall–Kier alpha value is -4.06. The van der Waals surface area contributed by atoms with Crippen molar-refractivity contribution in [3.8, 4) is 10.6 Å². The van der Waals surface area contributed by atoms with E-state index in [4.69, 9.17) is 27.1 Å². The summed E-state index contributed by atoms with van der Waals surface area (Å²) < 4.78 is 21.3. The van der Waals surface area contributed by atoms with E-state index < -0.39 is 5.60 Å². The van der Waals surface area contributed by atoms with Crippen LogP contribution in [-0.4, -0.2) is 62.3 Å². The summed E-state index contributed by atoms with van der Waals surface area (Å²) in [6, 6.07) is 6.65. The van der Waals surface area contributed by atoms with Crippen LogP contribution in [0, 0.1) is 11.7 Å². The van der Waals surface area contributed by atoms with Crippen LogP contribution in [0.5, 0.6) is 0 Å². The molecule has 4 aromatic rings. The number of hydrogen-bond donors (Lipinski definition) is 2. The maximum absolute atomic E-state index is 13.4. The highest BCUT2D eigenvalue weighted by Crippen LogP contribution is 2.41. The van der Waals surface area contributed by atoms with Crippen molar-refractivity contribution in [2.24, 2.45) is 5.92 Å². The third-order valence-corrected chi connectivity index (χ3v) is 10.0. The Labute approximate surface area is 309 Å². The van der Waals surface area contributed by atoms with Crippen molar-refractivity contribution in [3.05, 3.63) is 94.7 Å². The first-order valence-electron chi connectivity index (χ1n) is 17.6. The molecule has 1 aliphatic rings. The van der Waals surface area contributed by atoms with E-state index in [-0.39, 0.29) is 23.2 Å². The fourth-order valence-corrected chi connectivity index (χ4v) is 7.58. The number of benzene rings is 1. The normalized spacial score (nSPS) is 16.7. The van der Waals surface area contributed by atoms with Crippen LogP contribution in [0.1, 0.15) is 70.7 Å². The lowest BCUT2D eigenvalue weighted by molar-refractivity contribution is 0.0250. The van der Waals surface area contributed by atoms with Crippen molar-refractivity contribution in [3.63, 3.8) is 0 Å². The molecule has 0 bridgehead atoms. The number of thiazole rings is 1. The third-order valence-electron chi connectivity index (χ3n) is 8.91. The number of halogens is 2. The van der Waals surface area contributed by atoms with Gasteiger partial charge in [0.1, 0.15) is 27.9 Å². The lowest BCUT2D eigenvalue weighted by Gasteiger charge is -2.27. The van der Waals surface area contributed by atoms with Crippen molar-refractivity contribution >= 4 is 45.9 Å². The molecule has 1 aromatic carbocycles. The number of nitrogens with two attached hydrogens (primary N) is 1. The Morgan fingerprint density at radius 1 is 1.22 bits per heavy atom. The van der Waals surface area contributed by atoms with Gasteiger partial charge in [0.2, 0.25) is 5.28 Å². The predicted octanol–water partition coefficient (Wildman–Crippen LogP) is 8.96. The van der Waals surface area contributed by atoms with Gasteiger partial charge >= 0.3 is 6.09 Å². The highest BCUT2D eigenvalue weighted by Gasteiger charge is 2.29. The molecular formula is C39H49ClFN7O2S. The second-order valence-corrected chi connectivity index (χ2v) is 15.3. The van der Waals surface area contributed by atoms with E-state index in [0.29, 0.717) is 37.7 Å². The Morgan fingerprint density at radius 3 is 2.73 bits per heavy atom. The SMILES string of the molecule is C=C/C=C(\C=C/C)Cc1csc(-c2cn([C@H]3CC[C@@H](CNCCCN(CCc4ccc(F)cc4)C(=O)OC(C)(C)C)C3)c3nc(Cl)nc(N)c23)n1. The fourth-order valence-electron chi connectivity index (χ4n) is 6.57. The summed E-state index contributed by atoms with van der Waals surface area (Å²) in [5.41, 5.74) is 10.6. The maximum Gasteiger partial charge on any atom is 0.410 e. The number of hydrogen-bond acceptors (Lipinski definition) is 8. The maximum atomic E-state index is 13.4. The number of carbonyl (C=O) groups is 1. The zero-order valence-corrected chi connectivity index (χ0v) is 31.6. The van der Waals surface area contributed by atoms with Gasteiger partial charge in [-0.15, -0.1) is 11.3 Å². The molecule has 3 aromatic heterocycles. The molecule has 9 nitrogen and oxygen atoms in total. The van der Waals surface area contributed by atoms with Crippen LogP contribution >= 0.6 is 22.9 Å². The lowest BCUT2D eigenvalue weighted by atomic mass is 10.1. The van der Waals surface area contributed by atoms with Crippen LogP contribution in [0.4, 0.5) is 15.0 Å². The molecule has 51 heavy (non-hydrogen) atoms. The van der Waals surface area contributed by atoms with Crippen LogP contribution < -0.4 is 11.1 Å². The number of fused-ring (bicyclic) bond motifs is 1. The van der Waals surface area contributed by atoms with Crippen LogP contribution in [-0.2, 0) is 17.6 Å². The predicted molar refractivity (Wildman–Crippen MR) is 207 cm³/mol. The van der Waals surface area contributed by atoms with E-state index in [1.165, 1.54) is 12.1 Å². The summed E-state index contributed by atoms with van der Waals surface area (Å²) in [5.74, 6) is 0.568. The molecule has 1 amide bonds. The Morgan fingerprint density at radius 2 is 2.00 bits per heavy atom. The Bertz CT molecular complexity index is 1860. The van der Waals surface area contributed by atoms with Crippen molar-refractivity contribution in [1.29, 1.82) is 0 Å². The molecule has 0 aliphatic heterocycles. The van der Waals surface area contributed by atoms with Crippen molar-refractivity contribution in [2.75, 3.05) is 31.9 Å². The molecule has 12 heteroatoms. The first kappa shape index (κ1) is 38.2. The summed E-state index contributed by atoms with van der Waals surface area (Å²) >= 11 is 7.92. The summed E-state index contributed by atoms with van der Waals surface area (Å²) in [4.78, 5) is 28.6. The average molecular weight is 734 g/mol. The molecule has 3 N–H and O–H groups in total. The monoisotopic (exact) mass is 733 g/mol. The molecular weight excluding hydrogens is 685 g/mol. The number of aromatic nitrogens is 4. The molecule has 1 aliphatic carbocycles. The van der Waals surface area contributed by atoms with Crippen molar-refractivity contribution in [2.45, 2.75) is 77.9 Å². The van der Waals surface area contributed by atoms with Crippen LogP contribution in [0.2, 0.25) is 5.28 Å². The minimum Gasteiger partial charge on any atom is -0.444 e. The summed E-state index contributed by atoms with van der Waals surface area (Å²) in [6.07, 6.45) is 14.9. The summed E-state index contributed by atoms with van der Waals surface area (Å²) in [5, 5.41) is 7.50. The van der Waals surface area contributed by atoms with E-state index >= 15 is 0 Å². The fraction of sp³-hybridized carbons (Fsp3) is 0.436. The number of rotatable bonds is 15. The van der Waals surface area contributed by atoms with Crippen molar-refractivity contribution in [1.82, 2.24) is 29.7 Å². The zero-order valence-electron chi connectivity index (χ0n) is 30.0.